The molecular formula is C9H11N3O2. The summed E-state index contributed by atoms with van der Waals surface area (Å²) >= 11 is 0. The minimum absolute atomic E-state index is 0.137. The number of hydrogen-bond acceptors (Lipinski definition) is 4. The Labute approximate surface area is 81.3 Å². The van der Waals surface area contributed by atoms with Crippen molar-refractivity contribution in [3.8, 4) is 0 Å². The molecule has 3 N–H and O–H groups in total. The van der Waals surface area contributed by atoms with Gasteiger partial charge in [-0.2, -0.15) is 5.11 Å². The molecule has 0 fully saturated rings. The number of rotatable bonds is 4. The lowest BCUT2D eigenvalue weighted by Crippen LogP contribution is -1.99. The highest BCUT2D eigenvalue weighted by Gasteiger charge is 2.06. The predicted octanol–water partition coefficient (Wildman–Crippen LogP) is 2.48. The van der Waals surface area contributed by atoms with Gasteiger partial charge in [-0.1, -0.05) is 0 Å². The minimum atomic E-state index is -1.02. The van der Waals surface area contributed by atoms with Crippen LogP contribution in [0.3, 0.4) is 0 Å². The molecule has 74 valence electrons. The highest BCUT2D eigenvalue weighted by Crippen LogP contribution is 2.25. The van der Waals surface area contributed by atoms with Gasteiger partial charge in [-0.15, -0.1) is 0 Å². The van der Waals surface area contributed by atoms with Crippen LogP contribution in [0.25, 0.3) is 0 Å². The first-order valence-electron chi connectivity index (χ1n) is 4.17. The van der Waals surface area contributed by atoms with E-state index in [1.165, 1.54) is 12.1 Å². The van der Waals surface area contributed by atoms with Gasteiger partial charge < -0.3 is 10.4 Å². The van der Waals surface area contributed by atoms with E-state index in [1.54, 1.807) is 6.07 Å². The molecule has 1 aromatic rings. The summed E-state index contributed by atoms with van der Waals surface area (Å²) in [5, 5.41) is 14.9. The summed E-state index contributed by atoms with van der Waals surface area (Å²) in [6.07, 6.45) is 0. The molecule has 0 aliphatic rings. The van der Waals surface area contributed by atoms with E-state index >= 15 is 0 Å². The van der Waals surface area contributed by atoms with Crippen LogP contribution in [-0.2, 0) is 0 Å². The molecule has 0 atom stereocenters. The Kier molecular flexibility index (Phi) is 3.17. The molecule has 0 unspecified atom stereocenters. The van der Waals surface area contributed by atoms with Crippen molar-refractivity contribution in [3.05, 3.63) is 23.8 Å². The number of carbonyl (C=O) groups is 1. The molecule has 0 spiro atoms. The highest BCUT2D eigenvalue weighted by atomic mass is 16.4. The minimum Gasteiger partial charge on any atom is -0.478 e. The van der Waals surface area contributed by atoms with Crippen LogP contribution in [0, 0.1) is 5.53 Å². The number of nitrogens with one attached hydrogen (secondary N) is 2. The van der Waals surface area contributed by atoms with Crippen LogP contribution in [0.4, 0.5) is 11.4 Å². The third-order valence-electron chi connectivity index (χ3n) is 1.73. The summed E-state index contributed by atoms with van der Waals surface area (Å²) in [5.41, 5.74) is 8.04. The summed E-state index contributed by atoms with van der Waals surface area (Å²) in [7, 11) is 0. The normalized spacial score (nSPS) is 9.50. The van der Waals surface area contributed by atoms with Crippen LogP contribution in [-0.4, -0.2) is 17.6 Å². The molecule has 5 heteroatoms. The highest BCUT2D eigenvalue weighted by molar-refractivity contribution is 5.90. The number of benzene rings is 1. The number of hydrogen-bond donors (Lipinski definition) is 3. The molecule has 1 aromatic carbocycles. The Morgan fingerprint density at radius 1 is 1.64 bits per heavy atom. The van der Waals surface area contributed by atoms with E-state index in [1.807, 2.05) is 6.92 Å². The van der Waals surface area contributed by atoms with Crippen molar-refractivity contribution in [2.24, 2.45) is 5.11 Å². The molecule has 0 heterocycles. The van der Waals surface area contributed by atoms with Crippen molar-refractivity contribution in [2.45, 2.75) is 6.92 Å². The third-order valence-corrected chi connectivity index (χ3v) is 1.73. The number of anilines is 1. The fourth-order valence-electron chi connectivity index (χ4n) is 1.10. The zero-order chi connectivity index (χ0) is 10.6. The molecule has 5 nitrogen and oxygen atoms in total. The van der Waals surface area contributed by atoms with Crippen LogP contribution < -0.4 is 5.32 Å². The smallest absolute Gasteiger partial charge is 0.335 e. The standard InChI is InChI=1S/C9H11N3O2/c1-2-11-7-4-3-6(9(13)14)5-8(7)12-10/h3-5,10-11H,2H2,1H3,(H,13,14). The summed E-state index contributed by atoms with van der Waals surface area (Å²) in [6, 6.07) is 4.46. The first kappa shape index (κ1) is 10.2. The maximum Gasteiger partial charge on any atom is 0.335 e. The number of carboxylic acid groups (broad SMARTS) is 1. The molecule has 1 rings (SSSR count). The van der Waals surface area contributed by atoms with Gasteiger partial charge in [0.05, 0.1) is 11.3 Å². The van der Waals surface area contributed by atoms with Gasteiger partial charge >= 0.3 is 5.97 Å². The first-order valence-corrected chi connectivity index (χ1v) is 4.17. The molecule has 0 amide bonds. The van der Waals surface area contributed by atoms with E-state index < -0.39 is 5.97 Å². The van der Waals surface area contributed by atoms with Crippen LogP contribution in [0.1, 0.15) is 17.3 Å². The van der Waals surface area contributed by atoms with Gasteiger partial charge in [0.25, 0.3) is 0 Å². The van der Waals surface area contributed by atoms with Crippen LogP contribution in [0.15, 0.2) is 23.3 Å². The van der Waals surface area contributed by atoms with E-state index in [2.05, 4.69) is 10.4 Å². The average Bonchev–Trinajstić information content (AvgIpc) is 2.18. The van der Waals surface area contributed by atoms with Gasteiger partial charge in [-0.25, -0.2) is 10.3 Å². The zero-order valence-electron chi connectivity index (χ0n) is 7.74. The Morgan fingerprint density at radius 2 is 2.36 bits per heavy atom. The monoisotopic (exact) mass is 193 g/mol. The summed E-state index contributed by atoms with van der Waals surface area (Å²) in [6.45, 7) is 2.62. The first-order chi connectivity index (χ1) is 6.69. The lowest BCUT2D eigenvalue weighted by Gasteiger charge is -2.06. The lowest BCUT2D eigenvalue weighted by molar-refractivity contribution is 0.0697. The number of aromatic carboxylic acids is 1. The van der Waals surface area contributed by atoms with Crippen LogP contribution in [0.5, 0.6) is 0 Å². The second-order valence-electron chi connectivity index (χ2n) is 2.68. The molecule has 0 saturated heterocycles. The van der Waals surface area contributed by atoms with Gasteiger partial charge in [0, 0.05) is 6.54 Å². The van der Waals surface area contributed by atoms with E-state index in [4.69, 9.17) is 10.6 Å². The van der Waals surface area contributed by atoms with E-state index in [9.17, 15) is 4.79 Å². The second kappa shape index (κ2) is 4.36. The third kappa shape index (κ3) is 2.07. The Bertz CT molecular complexity index is 363. The average molecular weight is 193 g/mol. The second-order valence-corrected chi connectivity index (χ2v) is 2.68. The quantitative estimate of drug-likeness (QED) is 0.642. The van der Waals surface area contributed by atoms with Gasteiger partial charge in [-0.3, -0.25) is 0 Å². The van der Waals surface area contributed by atoms with Crippen molar-refractivity contribution >= 4 is 17.3 Å². The molecule has 0 saturated carbocycles. The number of carboxylic acids is 1. The lowest BCUT2D eigenvalue weighted by atomic mass is 10.2. The predicted molar refractivity (Wildman–Crippen MR) is 52.4 cm³/mol. The maximum absolute atomic E-state index is 10.6. The fourth-order valence-corrected chi connectivity index (χ4v) is 1.10. The summed E-state index contributed by atoms with van der Waals surface area (Å²) in [5.74, 6) is -1.02. The zero-order valence-corrected chi connectivity index (χ0v) is 7.74. The Hall–Kier alpha value is -1.91. The van der Waals surface area contributed by atoms with Crippen molar-refractivity contribution in [1.82, 2.24) is 0 Å². The molecule has 0 aliphatic heterocycles. The summed E-state index contributed by atoms with van der Waals surface area (Å²) < 4.78 is 0. The topological polar surface area (TPSA) is 85.5 Å². The van der Waals surface area contributed by atoms with Gasteiger partial charge in [0.1, 0.15) is 5.69 Å². The van der Waals surface area contributed by atoms with Crippen LogP contribution >= 0.6 is 0 Å². The van der Waals surface area contributed by atoms with E-state index in [0.717, 1.165) is 0 Å². The van der Waals surface area contributed by atoms with Crippen LogP contribution in [0.2, 0.25) is 0 Å². The molecule has 0 aromatic heterocycles. The van der Waals surface area contributed by atoms with Crippen molar-refractivity contribution in [1.29, 1.82) is 5.53 Å². The largest absolute Gasteiger partial charge is 0.478 e. The molecular weight excluding hydrogens is 182 g/mol. The number of nitrogens with zero attached hydrogens (tertiary/aromatic N) is 1. The Morgan fingerprint density at radius 3 is 2.86 bits per heavy atom. The van der Waals surface area contributed by atoms with Crippen molar-refractivity contribution < 1.29 is 9.90 Å². The fraction of sp³-hybridized carbons (Fsp3) is 0.222. The Balaban J connectivity index is 3.11. The summed E-state index contributed by atoms with van der Waals surface area (Å²) in [4.78, 5) is 10.6. The van der Waals surface area contributed by atoms with Crippen molar-refractivity contribution in [3.63, 3.8) is 0 Å². The van der Waals surface area contributed by atoms with Gasteiger partial charge in [-0.05, 0) is 25.1 Å². The molecule has 14 heavy (non-hydrogen) atoms. The van der Waals surface area contributed by atoms with E-state index in [0.29, 0.717) is 17.9 Å². The maximum atomic E-state index is 10.6. The molecule has 0 radical (unpaired) electrons. The van der Waals surface area contributed by atoms with Gasteiger partial charge in [0.2, 0.25) is 0 Å². The molecule has 0 aliphatic carbocycles. The van der Waals surface area contributed by atoms with Crippen molar-refractivity contribution in [2.75, 3.05) is 11.9 Å². The van der Waals surface area contributed by atoms with Gasteiger partial charge in [0.15, 0.2) is 0 Å². The SMILES string of the molecule is CCNc1ccc(C(=O)O)cc1N=N. The van der Waals surface area contributed by atoms with E-state index in [-0.39, 0.29) is 5.56 Å². The molecule has 0 bridgehead atoms.